The molecule has 0 saturated carbocycles. The smallest absolute Gasteiger partial charge is 0.292 e. The van der Waals surface area contributed by atoms with Crippen LogP contribution in [0.4, 0.5) is 11.4 Å². The van der Waals surface area contributed by atoms with Crippen molar-refractivity contribution >= 4 is 29.1 Å². The van der Waals surface area contributed by atoms with Gasteiger partial charge in [0.1, 0.15) is 5.69 Å². The summed E-state index contributed by atoms with van der Waals surface area (Å²) in [5.74, 6) is 0.373. The molecule has 0 aliphatic heterocycles. The van der Waals surface area contributed by atoms with Crippen LogP contribution in [0.2, 0.25) is 0 Å². The zero-order valence-electron chi connectivity index (χ0n) is 7.31. The summed E-state index contributed by atoms with van der Waals surface area (Å²) >= 11 is 5.44. The van der Waals surface area contributed by atoms with Crippen LogP contribution in [0.3, 0.4) is 0 Å². The topological polar surface area (TPSA) is 69.2 Å². The first-order valence-corrected chi connectivity index (χ1v) is 4.45. The fourth-order valence-electron chi connectivity index (χ4n) is 1.00. The predicted molar refractivity (Wildman–Crippen MR) is 57.3 cm³/mol. The summed E-state index contributed by atoms with van der Waals surface area (Å²) in [6, 6.07) is 4.62. The Kier molecular flexibility index (Phi) is 3.48. The van der Waals surface area contributed by atoms with Crippen molar-refractivity contribution in [3.8, 4) is 0 Å². The summed E-state index contributed by atoms with van der Waals surface area (Å²) in [4.78, 5) is 10.0. The second-order valence-corrected chi connectivity index (χ2v) is 2.94. The van der Waals surface area contributed by atoms with E-state index in [0.717, 1.165) is 0 Å². The zero-order valence-corrected chi connectivity index (χ0v) is 8.07. The molecule has 0 spiro atoms. The van der Waals surface area contributed by atoms with E-state index in [0.29, 0.717) is 11.4 Å². The van der Waals surface area contributed by atoms with E-state index in [-0.39, 0.29) is 11.4 Å². The van der Waals surface area contributed by atoms with E-state index >= 15 is 0 Å². The number of nitro benzene ring substituents is 1. The standard InChI is InChI=1S/C9H9ClN2O2/c10-5-1-2-7-3-4-8(11)9(6-7)12(13)14/h1-4,6H,5,11H2. The Bertz CT molecular complexity index is 377. The average molecular weight is 213 g/mol. The second-order valence-electron chi connectivity index (χ2n) is 2.63. The third kappa shape index (κ3) is 2.47. The lowest BCUT2D eigenvalue weighted by Gasteiger charge is -1.97. The number of benzene rings is 1. The Hall–Kier alpha value is -1.55. The van der Waals surface area contributed by atoms with Gasteiger partial charge < -0.3 is 5.73 Å². The van der Waals surface area contributed by atoms with E-state index in [1.54, 1.807) is 18.2 Å². The maximum atomic E-state index is 10.5. The molecule has 1 aromatic rings. The highest BCUT2D eigenvalue weighted by Crippen LogP contribution is 2.22. The minimum absolute atomic E-state index is 0.0817. The Morgan fingerprint density at radius 1 is 1.57 bits per heavy atom. The van der Waals surface area contributed by atoms with Crippen molar-refractivity contribution in [2.24, 2.45) is 0 Å². The van der Waals surface area contributed by atoms with Gasteiger partial charge in [-0.25, -0.2) is 0 Å². The molecule has 0 amide bonds. The van der Waals surface area contributed by atoms with Crippen molar-refractivity contribution in [3.63, 3.8) is 0 Å². The van der Waals surface area contributed by atoms with Crippen molar-refractivity contribution in [2.75, 3.05) is 11.6 Å². The maximum absolute atomic E-state index is 10.5. The molecule has 1 aromatic carbocycles. The minimum atomic E-state index is -0.507. The molecule has 2 N–H and O–H groups in total. The number of nitrogens with zero attached hydrogens (tertiary/aromatic N) is 1. The average Bonchev–Trinajstić information content (AvgIpc) is 2.16. The number of rotatable bonds is 3. The Morgan fingerprint density at radius 3 is 2.86 bits per heavy atom. The van der Waals surface area contributed by atoms with Gasteiger partial charge in [0.2, 0.25) is 0 Å². The van der Waals surface area contributed by atoms with Gasteiger partial charge in [-0.15, -0.1) is 11.6 Å². The van der Waals surface area contributed by atoms with E-state index in [4.69, 9.17) is 17.3 Å². The number of alkyl halides is 1. The molecule has 0 aliphatic rings. The first kappa shape index (κ1) is 10.5. The van der Waals surface area contributed by atoms with E-state index in [2.05, 4.69) is 0 Å². The van der Waals surface area contributed by atoms with Crippen molar-refractivity contribution < 1.29 is 4.92 Å². The lowest BCUT2D eigenvalue weighted by Crippen LogP contribution is -1.95. The van der Waals surface area contributed by atoms with Crippen molar-refractivity contribution in [1.29, 1.82) is 0 Å². The molecule has 5 heteroatoms. The van der Waals surface area contributed by atoms with Gasteiger partial charge in [0.25, 0.3) is 5.69 Å². The van der Waals surface area contributed by atoms with Gasteiger partial charge in [0.05, 0.1) is 4.92 Å². The fourth-order valence-corrected chi connectivity index (χ4v) is 1.09. The molecule has 74 valence electrons. The van der Waals surface area contributed by atoms with E-state index in [1.807, 2.05) is 0 Å². The van der Waals surface area contributed by atoms with Crippen LogP contribution in [0.25, 0.3) is 6.08 Å². The largest absolute Gasteiger partial charge is 0.393 e. The summed E-state index contributed by atoms with van der Waals surface area (Å²) in [5, 5.41) is 10.5. The number of hydrogen-bond acceptors (Lipinski definition) is 3. The number of nitrogens with two attached hydrogens (primary N) is 1. The first-order valence-electron chi connectivity index (χ1n) is 3.91. The lowest BCUT2D eigenvalue weighted by atomic mass is 10.1. The number of halogens is 1. The van der Waals surface area contributed by atoms with Crippen LogP contribution in [0.5, 0.6) is 0 Å². The van der Waals surface area contributed by atoms with Gasteiger partial charge in [-0.2, -0.15) is 0 Å². The van der Waals surface area contributed by atoms with Crippen molar-refractivity contribution in [1.82, 2.24) is 0 Å². The van der Waals surface area contributed by atoms with Gasteiger partial charge in [0.15, 0.2) is 0 Å². The molecule has 0 heterocycles. The summed E-state index contributed by atoms with van der Waals surface area (Å²) in [6.45, 7) is 0. The van der Waals surface area contributed by atoms with Gasteiger partial charge in [-0.3, -0.25) is 10.1 Å². The molecule has 0 bridgehead atoms. The highest BCUT2D eigenvalue weighted by Gasteiger charge is 2.10. The predicted octanol–water partition coefficient (Wildman–Crippen LogP) is 2.43. The van der Waals surface area contributed by atoms with Crippen LogP contribution in [0.1, 0.15) is 5.56 Å². The third-order valence-corrected chi connectivity index (χ3v) is 1.83. The molecule has 0 atom stereocenters. The summed E-state index contributed by atoms with van der Waals surface area (Å²) < 4.78 is 0. The second kappa shape index (κ2) is 4.62. The summed E-state index contributed by atoms with van der Waals surface area (Å²) in [6.07, 6.45) is 3.41. The molecular weight excluding hydrogens is 204 g/mol. The summed E-state index contributed by atoms with van der Waals surface area (Å²) in [7, 11) is 0. The van der Waals surface area contributed by atoms with Gasteiger partial charge in [-0.05, 0) is 11.6 Å². The third-order valence-electron chi connectivity index (χ3n) is 1.65. The zero-order chi connectivity index (χ0) is 10.6. The molecule has 1 rings (SSSR count). The van der Waals surface area contributed by atoms with Crippen LogP contribution in [0.15, 0.2) is 24.3 Å². The number of allylic oxidation sites excluding steroid dienone is 1. The number of nitrogen functional groups attached to an aromatic ring is 1. The number of nitro groups is 1. The van der Waals surface area contributed by atoms with Crippen molar-refractivity contribution in [2.45, 2.75) is 0 Å². The number of anilines is 1. The van der Waals surface area contributed by atoms with Crippen molar-refractivity contribution in [3.05, 3.63) is 40.0 Å². The number of hydrogen-bond donors (Lipinski definition) is 1. The molecule has 0 radical (unpaired) electrons. The Morgan fingerprint density at radius 2 is 2.29 bits per heavy atom. The van der Waals surface area contributed by atoms with Gasteiger partial charge in [-0.1, -0.05) is 18.2 Å². The van der Waals surface area contributed by atoms with Crippen LogP contribution in [0, 0.1) is 10.1 Å². The molecule has 0 fully saturated rings. The monoisotopic (exact) mass is 212 g/mol. The van der Waals surface area contributed by atoms with E-state index in [9.17, 15) is 10.1 Å². The maximum Gasteiger partial charge on any atom is 0.292 e. The molecular formula is C9H9ClN2O2. The van der Waals surface area contributed by atoms with E-state index in [1.165, 1.54) is 12.1 Å². The molecule has 0 unspecified atom stereocenters. The van der Waals surface area contributed by atoms with Crippen LogP contribution in [-0.2, 0) is 0 Å². The minimum Gasteiger partial charge on any atom is -0.393 e. The van der Waals surface area contributed by atoms with Crippen LogP contribution in [-0.4, -0.2) is 10.8 Å². The van der Waals surface area contributed by atoms with Gasteiger partial charge >= 0.3 is 0 Å². The quantitative estimate of drug-likeness (QED) is 0.362. The highest BCUT2D eigenvalue weighted by molar-refractivity contribution is 6.19. The normalized spacial score (nSPS) is 10.6. The fraction of sp³-hybridized carbons (Fsp3) is 0.111. The van der Waals surface area contributed by atoms with Crippen LogP contribution >= 0.6 is 11.6 Å². The molecule has 14 heavy (non-hydrogen) atoms. The highest BCUT2D eigenvalue weighted by atomic mass is 35.5. The Balaban J connectivity index is 3.06. The van der Waals surface area contributed by atoms with E-state index < -0.39 is 4.92 Å². The lowest BCUT2D eigenvalue weighted by molar-refractivity contribution is -0.383. The van der Waals surface area contributed by atoms with Crippen LogP contribution < -0.4 is 5.73 Å². The molecule has 0 saturated heterocycles. The Labute approximate surface area is 86.1 Å². The first-order chi connectivity index (χ1) is 6.65. The summed E-state index contributed by atoms with van der Waals surface area (Å²) in [5.41, 5.74) is 6.22. The molecule has 0 aliphatic carbocycles. The molecule has 0 aromatic heterocycles. The van der Waals surface area contributed by atoms with Gasteiger partial charge in [0, 0.05) is 11.9 Å². The SMILES string of the molecule is Nc1ccc(C=CCCl)cc1[N+](=O)[O-]. The molecule has 4 nitrogen and oxygen atoms in total.